The van der Waals surface area contributed by atoms with Gasteiger partial charge in [0.1, 0.15) is 0 Å². The summed E-state index contributed by atoms with van der Waals surface area (Å²) in [6.45, 7) is 0. The normalized spacial score (nSPS) is 10.3. The molecule has 0 fully saturated rings. The summed E-state index contributed by atoms with van der Waals surface area (Å²) in [5, 5.41) is 2.92. The Labute approximate surface area is 113 Å². The number of hydrogen-bond acceptors (Lipinski definition) is 2. The molecule has 2 aromatic carbocycles. The number of halogens is 3. The Hall–Kier alpha value is -2.14. The number of nitrogens with two attached hydrogens (primary N) is 1. The third-order valence-electron chi connectivity index (χ3n) is 2.44. The summed E-state index contributed by atoms with van der Waals surface area (Å²) >= 11 is 5.72. The van der Waals surface area contributed by atoms with Crippen LogP contribution in [0.4, 0.5) is 20.2 Å². The highest BCUT2D eigenvalue weighted by Crippen LogP contribution is 2.23. The third-order valence-corrected chi connectivity index (χ3v) is 2.68. The van der Waals surface area contributed by atoms with Gasteiger partial charge in [-0.15, -0.1) is 0 Å². The molecule has 0 spiro atoms. The maximum absolute atomic E-state index is 13.0. The van der Waals surface area contributed by atoms with Crippen LogP contribution in [0.2, 0.25) is 5.02 Å². The number of carbonyl (C=O) groups excluding carboxylic acids is 1. The molecule has 2 rings (SSSR count). The number of rotatable bonds is 2. The zero-order valence-electron chi connectivity index (χ0n) is 9.58. The van der Waals surface area contributed by atoms with E-state index in [-0.39, 0.29) is 11.3 Å². The monoisotopic (exact) mass is 282 g/mol. The predicted molar refractivity (Wildman–Crippen MR) is 70.2 cm³/mol. The Morgan fingerprint density at radius 3 is 2.47 bits per heavy atom. The van der Waals surface area contributed by atoms with E-state index in [0.29, 0.717) is 10.7 Å². The molecule has 0 unspecified atom stereocenters. The predicted octanol–water partition coefficient (Wildman–Crippen LogP) is 3.45. The SMILES string of the molecule is Nc1cc(Cl)ccc1NC(=O)c1ccc(F)c(F)c1. The van der Waals surface area contributed by atoms with E-state index in [9.17, 15) is 13.6 Å². The van der Waals surface area contributed by atoms with Gasteiger partial charge >= 0.3 is 0 Å². The Balaban J connectivity index is 2.23. The first-order valence-electron chi connectivity index (χ1n) is 5.29. The number of nitrogens with one attached hydrogen (secondary N) is 1. The molecule has 0 saturated carbocycles. The van der Waals surface area contributed by atoms with Crippen LogP contribution in [0.25, 0.3) is 0 Å². The highest BCUT2D eigenvalue weighted by Gasteiger charge is 2.11. The summed E-state index contributed by atoms with van der Waals surface area (Å²) in [5.74, 6) is -2.69. The number of amides is 1. The molecule has 0 bridgehead atoms. The van der Waals surface area contributed by atoms with E-state index in [1.165, 1.54) is 18.2 Å². The van der Waals surface area contributed by atoms with Gasteiger partial charge in [0.25, 0.3) is 5.91 Å². The van der Waals surface area contributed by atoms with Crippen molar-refractivity contribution in [3.05, 3.63) is 58.6 Å². The quantitative estimate of drug-likeness (QED) is 0.829. The molecule has 0 atom stereocenters. The Morgan fingerprint density at radius 1 is 1.11 bits per heavy atom. The second-order valence-corrected chi connectivity index (χ2v) is 4.25. The molecule has 0 aliphatic carbocycles. The molecular formula is C13H9ClF2N2O. The van der Waals surface area contributed by atoms with E-state index in [1.54, 1.807) is 6.07 Å². The third kappa shape index (κ3) is 3.00. The molecule has 0 heterocycles. The van der Waals surface area contributed by atoms with Crippen LogP contribution < -0.4 is 11.1 Å². The van der Waals surface area contributed by atoms with Crippen molar-refractivity contribution in [2.45, 2.75) is 0 Å². The molecule has 0 saturated heterocycles. The van der Waals surface area contributed by atoms with Gasteiger partial charge in [0.15, 0.2) is 11.6 Å². The maximum atomic E-state index is 13.0. The van der Waals surface area contributed by atoms with Crippen LogP contribution >= 0.6 is 11.6 Å². The van der Waals surface area contributed by atoms with Crippen LogP contribution in [-0.2, 0) is 0 Å². The molecule has 19 heavy (non-hydrogen) atoms. The standard InChI is InChI=1S/C13H9ClF2N2O/c14-8-2-4-12(11(17)6-8)18-13(19)7-1-3-9(15)10(16)5-7/h1-6H,17H2,(H,18,19). The van der Waals surface area contributed by atoms with Gasteiger partial charge in [-0.05, 0) is 36.4 Å². The molecule has 0 aliphatic heterocycles. The van der Waals surface area contributed by atoms with Crippen LogP contribution in [0.3, 0.4) is 0 Å². The summed E-state index contributed by atoms with van der Waals surface area (Å²) in [4.78, 5) is 11.8. The van der Waals surface area contributed by atoms with E-state index in [1.807, 2.05) is 0 Å². The Kier molecular flexibility index (Phi) is 3.66. The van der Waals surface area contributed by atoms with Crippen molar-refractivity contribution in [1.82, 2.24) is 0 Å². The first-order valence-corrected chi connectivity index (χ1v) is 5.66. The largest absolute Gasteiger partial charge is 0.397 e. The molecule has 0 aromatic heterocycles. The fourth-order valence-corrected chi connectivity index (χ4v) is 1.66. The maximum Gasteiger partial charge on any atom is 0.255 e. The van der Waals surface area contributed by atoms with E-state index in [2.05, 4.69) is 5.32 Å². The number of anilines is 2. The zero-order valence-corrected chi connectivity index (χ0v) is 10.3. The minimum absolute atomic E-state index is 0.00625. The van der Waals surface area contributed by atoms with Crippen molar-refractivity contribution in [3.8, 4) is 0 Å². The van der Waals surface area contributed by atoms with Gasteiger partial charge < -0.3 is 11.1 Å². The van der Waals surface area contributed by atoms with Crippen molar-refractivity contribution >= 4 is 28.9 Å². The molecule has 0 aliphatic rings. The van der Waals surface area contributed by atoms with Crippen molar-refractivity contribution in [2.24, 2.45) is 0 Å². The van der Waals surface area contributed by atoms with Crippen LogP contribution in [0.5, 0.6) is 0 Å². The van der Waals surface area contributed by atoms with E-state index < -0.39 is 17.5 Å². The first kappa shape index (κ1) is 13.3. The molecule has 3 nitrogen and oxygen atoms in total. The van der Waals surface area contributed by atoms with E-state index in [0.717, 1.165) is 12.1 Å². The van der Waals surface area contributed by atoms with Crippen molar-refractivity contribution in [1.29, 1.82) is 0 Å². The van der Waals surface area contributed by atoms with Gasteiger partial charge in [0.2, 0.25) is 0 Å². The lowest BCUT2D eigenvalue weighted by molar-refractivity contribution is 0.102. The highest BCUT2D eigenvalue weighted by atomic mass is 35.5. The Morgan fingerprint density at radius 2 is 1.84 bits per heavy atom. The Bertz CT molecular complexity index is 647. The van der Waals surface area contributed by atoms with E-state index >= 15 is 0 Å². The number of benzene rings is 2. The summed E-state index contributed by atoms with van der Waals surface area (Å²) in [6, 6.07) is 7.43. The molecule has 6 heteroatoms. The smallest absolute Gasteiger partial charge is 0.255 e. The molecule has 3 N–H and O–H groups in total. The first-order chi connectivity index (χ1) is 8.97. The molecular weight excluding hydrogens is 274 g/mol. The molecule has 0 radical (unpaired) electrons. The van der Waals surface area contributed by atoms with Gasteiger partial charge in [-0.1, -0.05) is 11.6 Å². The lowest BCUT2D eigenvalue weighted by Crippen LogP contribution is -2.13. The van der Waals surface area contributed by atoms with Crippen LogP contribution in [0, 0.1) is 11.6 Å². The fourth-order valence-electron chi connectivity index (χ4n) is 1.48. The molecule has 1 amide bonds. The number of carbonyl (C=O) groups is 1. The van der Waals surface area contributed by atoms with Crippen LogP contribution in [0.15, 0.2) is 36.4 Å². The van der Waals surface area contributed by atoms with Crippen molar-refractivity contribution in [2.75, 3.05) is 11.1 Å². The number of nitrogen functional groups attached to an aromatic ring is 1. The lowest BCUT2D eigenvalue weighted by atomic mass is 10.2. The summed E-state index contributed by atoms with van der Waals surface area (Å²) in [6.07, 6.45) is 0. The van der Waals surface area contributed by atoms with Gasteiger partial charge in [-0.3, -0.25) is 4.79 Å². The topological polar surface area (TPSA) is 55.1 Å². The highest BCUT2D eigenvalue weighted by molar-refractivity contribution is 6.31. The van der Waals surface area contributed by atoms with E-state index in [4.69, 9.17) is 17.3 Å². The van der Waals surface area contributed by atoms with Gasteiger partial charge in [-0.2, -0.15) is 0 Å². The van der Waals surface area contributed by atoms with Crippen LogP contribution in [0.1, 0.15) is 10.4 Å². The molecule has 2 aromatic rings. The zero-order chi connectivity index (χ0) is 14.0. The minimum atomic E-state index is -1.09. The average molecular weight is 283 g/mol. The van der Waals surface area contributed by atoms with Crippen molar-refractivity contribution in [3.63, 3.8) is 0 Å². The molecule has 98 valence electrons. The van der Waals surface area contributed by atoms with Gasteiger partial charge in [0, 0.05) is 10.6 Å². The van der Waals surface area contributed by atoms with Gasteiger partial charge in [0.05, 0.1) is 11.4 Å². The summed E-state index contributed by atoms with van der Waals surface area (Å²) < 4.78 is 25.8. The second kappa shape index (κ2) is 5.24. The minimum Gasteiger partial charge on any atom is -0.397 e. The van der Waals surface area contributed by atoms with Gasteiger partial charge in [-0.25, -0.2) is 8.78 Å². The average Bonchev–Trinajstić information content (AvgIpc) is 2.36. The second-order valence-electron chi connectivity index (χ2n) is 3.81. The lowest BCUT2D eigenvalue weighted by Gasteiger charge is -2.08. The van der Waals surface area contributed by atoms with Crippen LogP contribution in [-0.4, -0.2) is 5.91 Å². The summed E-state index contributed by atoms with van der Waals surface area (Å²) in [5.41, 5.74) is 6.29. The number of hydrogen-bond donors (Lipinski definition) is 2. The van der Waals surface area contributed by atoms with Crippen molar-refractivity contribution < 1.29 is 13.6 Å². The summed E-state index contributed by atoms with van der Waals surface area (Å²) in [7, 11) is 0. The fraction of sp³-hybridized carbons (Fsp3) is 0.